The zero-order chi connectivity index (χ0) is 43.5. The SMILES string of the molecule is CC(C)(C)OC(=O)CNC(=O)[C@H]1[C@@H](OCc2ccccc2)[C@@H](OCc2ccccc2)[C@@H](COCc2ccccc2)N1C(=O)CNC(=O)OCC1c2ccccc2-c2ccccc21. The van der Waals surface area contributed by atoms with E-state index in [0.29, 0.717) is 0 Å². The summed E-state index contributed by atoms with van der Waals surface area (Å²) in [4.78, 5) is 56.8. The Kier molecular flexibility index (Phi) is 14.4. The van der Waals surface area contributed by atoms with Gasteiger partial charge in [0.25, 0.3) is 0 Å². The lowest BCUT2D eigenvalue weighted by atomic mass is 9.98. The fourth-order valence-corrected chi connectivity index (χ4v) is 8.04. The number of esters is 1. The Morgan fingerprint density at radius 1 is 0.581 bits per heavy atom. The van der Waals surface area contributed by atoms with E-state index in [1.165, 1.54) is 4.90 Å². The monoisotopic (exact) mass is 839 g/mol. The van der Waals surface area contributed by atoms with Crippen LogP contribution in [-0.4, -0.2) is 85.0 Å². The zero-order valence-corrected chi connectivity index (χ0v) is 35.2. The lowest BCUT2D eigenvalue weighted by Crippen LogP contribution is -2.55. The minimum Gasteiger partial charge on any atom is -0.459 e. The van der Waals surface area contributed by atoms with E-state index < -0.39 is 66.9 Å². The van der Waals surface area contributed by atoms with Crippen LogP contribution in [0.1, 0.15) is 54.5 Å². The molecule has 7 rings (SSSR count). The molecule has 0 spiro atoms. The number of ether oxygens (including phenoxy) is 5. The quantitative estimate of drug-likeness (QED) is 0.0953. The Labute approximate surface area is 362 Å². The van der Waals surface area contributed by atoms with Crippen LogP contribution in [0, 0.1) is 0 Å². The molecule has 0 radical (unpaired) electrons. The van der Waals surface area contributed by atoms with Crippen LogP contribution < -0.4 is 10.6 Å². The predicted molar refractivity (Wildman–Crippen MR) is 232 cm³/mol. The molecule has 0 aromatic heterocycles. The van der Waals surface area contributed by atoms with Crippen molar-refractivity contribution in [2.75, 3.05) is 26.3 Å². The van der Waals surface area contributed by atoms with E-state index in [-0.39, 0.29) is 39.0 Å². The lowest BCUT2D eigenvalue weighted by molar-refractivity contribution is -0.155. The zero-order valence-electron chi connectivity index (χ0n) is 35.2. The van der Waals surface area contributed by atoms with Crippen molar-refractivity contribution in [3.8, 4) is 11.1 Å². The summed E-state index contributed by atoms with van der Waals surface area (Å²) in [5.41, 5.74) is 6.10. The summed E-state index contributed by atoms with van der Waals surface area (Å²) in [6.45, 7) is 4.67. The first-order chi connectivity index (χ1) is 30.1. The highest BCUT2D eigenvalue weighted by molar-refractivity contribution is 5.92. The second-order valence-electron chi connectivity index (χ2n) is 16.3. The van der Waals surface area contributed by atoms with E-state index in [1.807, 2.05) is 127 Å². The summed E-state index contributed by atoms with van der Waals surface area (Å²) >= 11 is 0. The van der Waals surface area contributed by atoms with Gasteiger partial charge >= 0.3 is 12.1 Å². The van der Waals surface area contributed by atoms with Gasteiger partial charge in [-0.3, -0.25) is 14.4 Å². The molecule has 0 saturated carbocycles. The van der Waals surface area contributed by atoms with Gasteiger partial charge in [-0.05, 0) is 59.7 Å². The Balaban J connectivity index is 1.15. The van der Waals surface area contributed by atoms with Crippen LogP contribution >= 0.6 is 0 Å². The summed E-state index contributed by atoms with van der Waals surface area (Å²) < 4.78 is 30.8. The third kappa shape index (κ3) is 11.1. The second kappa shape index (κ2) is 20.5. The number of alkyl carbamates (subject to hydrolysis) is 1. The molecular formula is C50H53N3O9. The number of fused-ring (bicyclic) bond motifs is 3. The highest BCUT2D eigenvalue weighted by atomic mass is 16.6. The van der Waals surface area contributed by atoms with Crippen LogP contribution in [0.5, 0.6) is 0 Å². The van der Waals surface area contributed by atoms with Gasteiger partial charge in [0.15, 0.2) is 0 Å². The molecule has 3 amide bonds. The number of nitrogens with one attached hydrogen (secondary N) is 2. The number of hydrogen-bond acceptors (Lipinski definition) is 9. The summed E-state index contributed by atoms with van der Waals surface area (Å²) in [5, 5.41) is 5.33. The molecule has 12 heteroatoms. The van der Waals surface area contributed by atoms with Crippen molar-refractivity contribution in [1.82, 2.24) is 15.5 Å². The van der Waals surface area contributed by atoms with Crippen molar-refractivity contribution >= 4 is 23.9 Å². The molecule has 4 atom stereocenters. The van der Waals surface area contributed by atoms with Crippen molar-refractivity contribution < 1.29 is 42.9 Å². The highest BCUT2D eigenvalue weighted by Gasteiger charge is 2.55. The Bertz CT molecular complexity index is 2240. The number of nitrogens with zero attached hydrogens (tertiary/aromatic N) is 1. The fourth-order valence-electron chi connectivity index (χ4n) is 8.04. The maximum atomic E-state index is 14.7. The topological polar surface area (TPSA) is 142 Å². The maximum absolute atomic E-state index is 14.7. The molecule has 1 fully saturated rings. The molecule has 1 heterocycles. The predicted octanol–water partition coefficient (Wildman–Crippen LogP) is 6.95. The molecule has 5 aromatic carbocycles. The highest BCUT2D eigenvalue weighted by Crippen LogP contribution is 2.44. The van der Waals surface area contributed by atoms with Gasteiger partial charge < -0.3 is 39.2 Å². The van der Waals surface area contributed by atoms with Gasteiger partial charge in [0, 0.05) is 5.92 Å². The maximum Gasteiger partial charge on any atom is 0.407 e. The number of hydrogen-bond donors (Lipinski definition) is 2. The minimum absolute atomic E-state index is 0.0495. The number of amides is 3. The summed E-state index contributed by atoms with van der Waals surface area (Å²) in [5.74, 6) is -2.11. The molecule has 1 aliphatic heterocycles. The van der Waals surface area contributed by atoms with Crippen LogP contribution in [0.2, 0.25) is 0 Å². The minimum atomic E-state index is -1.32. The van der Waals surface area contributed by atoms with Gasteiger partial charge in [0.1, 0.15) is 43.5 Å². The number of carbonyl (C=O) groups is 4. The van der Waals surface area contributed by atoms with E-state index in [2.05, 4.69) is 22.8 Å². The summed E-state index contributed by atoms with van der Waals surface area (Å²) in [7, 11) is 0. The van der Waals surface area contributed by atoms with Crippen LogP contribution in [0.25, 0.3) is 11.1 Å². The van der Waals surface area contributed by atoms with Crippen molar-refractivity contribution in [3.05, 3.63) is 167 Å². The molecule has 0 unspecified atom stereocenters. The molecule has 1 aliphatic carbocycles. The molecule has 12 nitrogen and oxygen atoms in total. The van der Waals surface area contributed by atoms with Crippen molar-refractivity contribution in [1.29, 1.82) is 0 Å². The summed E-state index contributed by atoms with van der Waals surface area (Å²) in [6.07, 6.45) is -2.73. The average molecular weight is 840 g/mol. The van der Waals surface area contributed by atoms with Crippen molar-refractivity contribution in [2.45, 2.75) is 76.4 Å². The first-order valence-electron chi connectivity index (χ1n) is 20.9. The third-order valence-corrected chi connectivity index (χ3v) is 10.8. The number of carbonyl (C=O) groups excluding carboxylic acids is 4. The average Bonchev–Trinajstić information content (AvgIpc) is 3.77. The Morgan fingerprint density at radius 3 is 1.63 bits per heavy atom. The van der Waals surface area contributed by atoms with Crippen LogP contribution in [0.4, 0.5) is 4.79 Å². The van der Waals surface area contributed by atoms with Crippen LogP contribution in [0.3, 0.4) is 0 Å². The fraction of sp³-hybridized carbons (Fsp3) is 0.320. The van der Waals surface area contributed by atoms with Gasteiger partial charge in [0.05, 0.1) is 32.5 Å². The molecule has 322 valence electrons. The molecule has 2 aliphatic rings. The van der Waals surface area contributed by atoms with E-state index >= 15 is 0 Å². The van der Waals surface area contributed by atoms with Crippen molar-refractivity contribution in [3.63, 3.8) is 0 Å². The first kappa shape index (κ1) is 43.7. The molecular weight excluding hydrogens is 787 g/mol. The van der Waals surface area contributed by atoms with Gasteiger partial charge in [-0.2, -0.15) is 0 Å². The number of rotatable bonds is 17. The first-order valence-corrected chi connectivity index (χ1v) is 20.9. The Morgan fingerprint density at radius 2 is 1.08 bits per heavy atom. The van der Waals surface area contributed by atoms with E-state index in [0.717, 1.165) is 38.9 Å². The molecule has 2 N–H and O–H groups in total. The summed E-state index contributed by atoms with van der Waals surface area (Å²) in [6, 6.07) is 42.4. The molecule has 0 bridgehead atoms. The second-order valence-corrected chi connectivity index (χ2v) is 16.3. The van der Waals surface area contributed by atoms with Gasteiger partial charge in [-0.1, -0.05) is 140 Å². The lowest BCUT2D eigenvalue weighted by Gasteiger charge is -2.31. The smallest absolute Gasteiger partial charge is 0.407 e. The molecule has 1 saturated heterocycles. The van der Waals surface area contributed by atoms with Crippen molar-refractivity contribution in [2.24, 2.45) is 0 Å². The number of likely N-dealkylation sites (tertiary alicyclic amines) is 1. The molecule has 5 aromatic rings. The van der Waals surface area contributed by atoms with Gasteiger partial charge in [0.2, 0.25) is 11.8 Å². The number of benzene rings is 5. The van der Waals surface area contributed by atoms with E-state index in [9.17, 15) is 19.2 Å². The Hall–Kier alpha value is -6.34. The van der Waals surface area contributed by atoms with E-state index in [1.54, 1.807) is 20.8 Å². The van der Waals surface area contributed by atoms with Gasteiger partial charge in [-0.15, -0.1) is 0 Å². The van der Waals surface area contributed by atoms with Crippen LogP contribution in [-0.2, 0) is 57.9 Å². The standard InChI is InChI=1S/C50H53N3O9/c1-50(2,3)62-44(55)28-51-48(56)45-47(60-31-36-21-11-6-12-22-36)46(59-30-35-19-9-5-10-20-35)42(33-58-29-34-17-7-4-8-18-34)53(45)43(54)27-52-49(57)61-32-41-39-25-15-13-23-37(39)38-24-14-16-26-40(38)41/h4-26,41-42,45-47H,27-33H2,1-3H3,(H,51,56)(H,52,57)/t42-,45-,46+,47-/m1/s1. The van der Waals surface area contributed by atoms with Gasteiger partial charge in [-0.25, -0.2) is 4.79 Å². The van der Waals surface area contributed by atoms with E-state index in [4.69, 9.17) is 23.7 Å². The van der Waals surface area contributed by atoms with Crippen LogP contribution in [0.15, 0.2) is 140 Å². The largest absolute Gasteiger partial charge is 0.459 e. The normalized spacial score (nSPS) is 18.1. The molecule has 62 heavy (non-hydrogen) atoms. The third-order valence-electron chi connectivity index (χ3n) is 10.8.